The second-order valence-corrected chi connectivity index (χ2v) is 9.01. The van der Waals surface area contributed by atoms with E-state index in [4.69, 9.17) is 4.52 Å². The molecule has 2 atom stereocenters. The molecule has 1 amide bonds. The minimum Gasteiger partial charge on any atom is -0.343 e. The monoisotopic (exact) mass is 424 g/mol. The van der Waals surface area contributed by atoms with Gasteiger partial charge < -0.3 is 9.84 Å². The molecule has 1 unspecified atom stereocenters. The second kappa shape index (κ2) is 9.00. The van der Waals surface area contributed by atoms with Crippen LogP contribution >= 0.6 is 0 Å². The molecular weight excluding hydrogens is 399 g/mol. The maximum absolute atomic E-state index is 13.8. The summed E-state index contributed by atoms with van der Waals surface area (Å²) < 4.78 is 45.9. The highest BCUT2D eigenvalue weighted by atomic mass is 32.2. The van der Waals surface area contributed by atoms with E-state index in [0.717, 1.165) is 37.8 Å². The first-order chi connectivity index (χ1) is 13.8. The molecule has 10 heteroatoms. The van der Waals surface area contributed by atoms with Crippen LogP contribution in [0.2, 0.25) is 0 Å². The van der Waals surface area contributed by atoms with Crippen molar-refractivity contribution in [2.24, 2.45) is 0 Å². The Bertz CT molecular complexity index is 957. The lowest BCUT2D eigenvalue weighted by molar-refractivity contribution is -0.123. The van der Waals surface area contributed by atoms with Crippen LogP contribution in [-0.2, 0) is 14.8 Å². The van der Waals surface area contributed by atoms with E-state index in [1.54, 1.807) is 6.92 Å². The molecule has 1 aromatic carbocycles. The number of nitrogens with zero attached hydrogens (tertiary/aromatic N) is 2. The number of amides is 1. The SMILES string of the molecule is CC(NC(=O)[C@H](C)NS(=O)(=O)c1ccccc1F)c1nc(C2CCCCC2)no1. The standard InChI is InChI=1S/C19H25FN4O4S/c1-12(24-29(26,27)16-11-7-6-10-15(16)20)18(25)21-13(2)19-22-17(23-28-19)14-8-4-3-5-9-14/h6-7,10-14,24H,3-5,8-9H2,1-2H3,(H,21,25)/t12-,13?/m0/s1. The molecular formula is C19H25FN4O4S. The summed E-state index contributed by atoms with van der Waals surface area (Å²) in [4.78, 5) is 16.3. The summed E-state index contributed by atoms with van der Waals surface area (Å²) >= 11 is 0. The third-order valence-electron chi connectivity index (χ3n) is 5.01. The Balaban J connectivity index is 1.60. The van der Waals surface area contributed by atoms with Crippen molar-refractivity contribution in [1.29, 1.82) is 0 Å². The molecule has 0 saturated heterocycles. The van der Waals surface area contributed by atoms with Crippen LogP contribution in [0.25, 0.3) is 0 Å². The van der Waals surface area contributed by atoms with Crippen molar-refractivity contribution in [3.05, 3.63) is 41.8 Å². The number of benzene rings is 1. The Labute approximate surface area is 169 Å². The van der Waals surface area contributed by atoms with E-state index in [0.29, 0.717) is 5.82 Å². The molecule has 0 radical (unpaired) electrons. The Morgan fingerprint density at radius 3 is 2.59 bits per heavy atom. The van der Waals surface area contributed by atoms with E-state index in [-0.39, 0.29) is 11.8 Å². The molecule has 1 aliphatic carbocycles. The van der Waals surface area contributed by atoms with Gasteiger partial charge >= 0.3 is 0 Å². The number of carbonyl (C=O) groups excluding carboxylic acids is 1. The molecule has 2 N–H and O–H groups in total. The van der Waals surface area contributed by atoms with Gasteiger partial charge in [0.1, 0.15) is 16.8 Å². The van der Waals surface area contributed by atoms with Gasteiger partial charge in [-0.1, -0.05) is 36.6 Å². The van der Waals surface area contributed by atoms with Gasteiger partial charge in [-0.15, -0.1) is 0 Å². The number of hydrogen-bond donors (Lipinski definition) is 2. The first-order valence-corrected chi connectivity index (χ1v) is 11.2. The van der Waals surface area contributed by atoms with E-state index in [9.17, 15) is 17.6 Å². The van der Waals surface area contributed by atoms with E-state index in [1.165, 1.54) is 25.5 Å². The van der Waals surface area contributed by atoms with Crippen LogP contribution in [-0.4, -0.2) is 30.5 Å². The van der Waals surface area contributed by atoms with Crippen molar-refractivity contribution in [3.8, 4) is 0 Å². The van der Waals surface area contributed by atoms with Crippen LogP contribution in [0.4, 0.5) is 4.39 Å². The molecule has 2 aromatic rings. The van der Waals surface area contributed by atoms with Crippen molar-refractivity contribution in [1.82, 2.24) is 20.2 Å². The number of sulfonamides is 1. The molecule has 1 aromatic heterocycles. The second-order valence-electron chi connectivity index (χ2n) is 7.33. The molecule has 1 saturated carbocycles. The van der Waals surface area contributed by atoms with Crippen molar-refractivity contribution in [2.75, 3.05) is 0 Å². The lowest BCUT2D eigenvalue weighted by Gasteiger charge is -2.18. The van der Waals surface area contributed by atoms with E-state index >= 15 is 0 Å². The Morgan fingerprint density at radius 1 is 1.21 bits per heavy atom. The topological polar surface area (TPSA) is 114 Å². The third kappa shape index (κ3) is 5.18. The fraction of sp³-hybridized carbons (Fsp3) is 0.526. The molecule has 1 aliphatic rings. The predicted molar refractivity (Wildman–Crippen MR) is 103 cm³/mol. The van der Waals surface area contributed by atoms with Gasteiger partial charge in [-0.2, -0.15) is 9.71 Å². The highest BCUT2D eigenvalue weighted by Crippen LogP contribution is 2.31. The summed E-state index contributed by atoms with van der Waals surface area (Å²) in [7, 11) is -4.18. The fourth-order valence-electron chi connectivity index (χ4n) is 3.36. The predicted octanol–water partition coefficient (Wildman–Crippen LogP) is 2.80. The fourth-order valence-corrected chi connectivity index (χ4v) is 4.64. The largest absolute Gasteiger partial charge is 0.343 e. The van der Waals surface area contributed by atoms with E-state index in [1.807, 2.05) is 0 Å². The maximum atomic E-state index is 13.8. The lowest BCUT2D eigenvalue weighted by Crippen LogP contribution is -2.45. The van der Waals surface area contributed by atoms with Crippen LogP contribution in [0, 0.1) is 5.82 Å². The highest BCUT2D eigenvalue weighted by Gasteiger charge is 2.27. The number of carbonyl (C=O) groups is 1. The van der Waals surface area contributed by atoms with Crippen molar-refractivity contribution < 1.29 is 22.1 Å². The van der Waals surface area contributed by atoms with Gasteiger partial charge in [0, 0.05) is 5.92 Å². The minimum atomic E-state index is -4.18. The van der Waals surface area contributed by atoms with Crippen molar-refractivity contribution >= 4 is 15.9 Å². The number of halogens is 1. The quantitative estimate of drug-likeness (QED) is 0.706. The number of nitrogens with one attached hydrogen (secondary N) is 2. The average molecular weight is 424 g/mol. The molecule has 158 valence electrons. The summed E-state index contributed by atoms with van der Waals surface area (Å²) in [6, 6.07) is 3.26. The molecule has 8 nitrogen and oxygen atoms in total. The summed E-state index contributed by atoms with van der Waals surface area (Å²) in [6.07, 6.45) is 5.54. The minimum absolute atomic E-state index is 0.267. The highest BCUT2D eigenvalue weighted by molar-refractivity contribution is 7.89. The van der Waals surface area contributed by atoms with Crippen LogP contribution in [0.3, 0.4) is 0 Å². The lowest BCUT2D eigenvalue weighted by atomic mass is 9.89. The first kappa shape index (κ1) is 21.4. The van der Waals surface area contributed by atoms with Crippen molar-refractivity contribution in [2.45, 2.75) is 68.8 Å². The summed E-state index contributed by atoms with van der Waals surface area (Å²) in [6.45, 7) is 3.05. The van der Waals surface area contributed by atoms with Gasteiger partial charge in [0.05, 0.1) is 6.04 Å². The third-order valence-corrected chi connectivity index (χ3v) is 6.58. The van der Waals surface area contributed by atoms with Gasteiger partial charge in [-0.05, 0) is 38.8 Å². The molecule has 0 bridgehead atoms. The normalized spacial score (nSPS) is 17.6. The van der Waals surface area contributed by atoms with Crippen LogP contribution in [0.15, 0.2) is 33.7 Å². The Morgan fingerprint density at radius 2 is 1.90 bits per heavy atom. The molecule has 1 fully saturated rings. The zero-order valence-electron chi connectivity index (χ0n) is 16.4. The molecule has 29 heavy (non-hydrogen) atoms. The average Bonchev–Trinajstić information content (AvgIpc) is 3.19. The summed E-state index contributed by atoms with van der Waals surface area (Å²) in [5.74, 6) is -0.287. The van der Waals surface area contributed by atoms with Crippen LogP contribution < -0.4 is 10.0 Å². The molecule has 3 rings (SSSR count). The summed E-state index contributed by atoms with van der Waals surface area (Å²) in [5.41, 5.74) is 0. The zero-order valence-corrected chi connectivity index (χ0v) is 17.2. The smallest absolute Gasteiger partial charge is 0.248 e. The number of aromatic nitrogens is 2. The Hall–Kier alpha value is -2.33. The maximum Gasteiger partial charge on any atom is 0.248 e. The van der Waals surface area contributed by atoms with E-state index in [2.05, 4.69) is 20.2 Å². The molecule has 1 heterocycles. The van der Waals surface area contributed by atoms with Crippen LogP contribution in [0.5, 0.6) is 0 Å². The van der Waals surface area contributed by atoms with Gasteiger partial charge in [-0.3, -0.25) is 4.79 Å². The summed E-state index contributed by atoms with van der Waals surface area (Å²) in [5, 5.41) is 6.68. The van der Waals surface area contributed by atoms with Gasteiger partial charge in [0.2, 0.25) is 21.8 Å². The Kier molecular flexibility index (Phi) is 6.63. The van der Waals surface area contributed by atoms with Gasteiger partial charge in [-0.25, -0.2) is 12.8 Å². The molecule has 0 aliphatic heterocycles. The number of rotatable bonds is 7. The van der Waals surface area contributed by atoms with Gasteiger partial charge in [0.25, 0.3) is 0 Å². The number of hydrogen-bond acceptors (Lipinski definition) is 6. The van der Waals surface area contributed by atoms with Gasteiger partial charge in [0.15, 0.2) is 5.82 Å². The van der Waals surface area contributed by atoms with E-state index < -0.39 is 38.7 Å². The zero-order chi connectivity index (χ0) is 21.0. The first-order valence-electron chi connectivity index (χ1n) is 9.68. The van der Waals surface area contributed by atoms with Crippen molar-refractivity contribution in [3.63, 3.8) is 0 Å². The van der Waals surface area contributed by atoms with Crippen LogP contribution in [0.1, 0.15) is 69.6 Å². The molecule has 0 spiro atoms.